The van der Waals surface area contributed by atoms with Crippen molar-refractivity contribution in [2.75, 3.05) is 13.1 Å². The predicted octanol–water partition coefficient (Wildman–Crippen LogP) is 2.33. The van der Waals surface area contributed by atoms with Crippen LogP contribution in [0.25, 0.3) is 0 Å². The smallest absolute Gasteiger partial charge is 0.338 e. The SMILES string of the molecule is C=C1CNC[C@H]1OC(=O)c1ccccc1.CC(C)(C)OC=O. The molecule has 1 N–H and O–H groups in total. The molecular weight excluding hydrogens is 282 g/mol. The summed E-state index contributed by atoms with van der Waals surface area (Å²) in [6, 6.07) is 8.99. The molecule has 1 aliphatic heterocycles. The number of hydrogen-bond acceptors (Lipinski definition) is 5. The Morgan fingerprint density at radius 3 is 2.36 bits per heavy atom. The van der Waals surface area contributed by atoms with E-state index in [9.17, 15) is 9.59 Å². The molecule has 0 unspecified atom stereocenters. The number of carbonyl (C=O) groups excluding carboxylic acids is 2. The normalized spacial score (nSPS) is 17.2. The number of esters is 1. The quantitative estimate of drug-likeness (QED) is 0.527. The lowest BCUT2D eigenvalue weighted by Gasteiger charge is -2.14. The first-order valence-corrected chi connectivity index (χ1v) is 7.09. The maximum absolute atomic E-state index is 11.7. The highest BCUT2D eigenvalue weighted by Crippen LogP contribution is 2.12. The highest BCUT2D eigenvalue weighted by molar-refractivity contribution is 5.89. The maximum Gasteiger partial charge on any atom is 0.338 e. The Bertz CT molecular complexity index is 505. The predicted molar refractivity (Wildman–Crippen MR) is 84.6 cm³/mol. The number of benzene rings is 1. The third-order valence-corrected chi connectivity index (χ3v) is 2.80. The first-order valence-electron chi connectivity index (χ1n) is 7.09. The van der Waals surface area contributed by atoms with Crippen molar-refractivity contribution in [3.63, 3.8) is 0 Å². The van der Waals surface area contributed by atoms with Gasteiger partial charge in [0.05, 0.1) is 5.56 Å². The van der Waals surface area contributed by atoms with Gasteiger partial charge >= 0.3 is 5.97 Å². The van der Waals surface area contributed by atoms with Gasteiger partial charge in [-0.2, -0.15) is 0 Å². The van der Waals surface area contributed by atoms with Gasteiger partial charge in [-0.25, -0.2) is 4.79 Å². The van der Waals surface area contributed by atoms with Crippen molar-refractivity contribution in [2.45, 2.75) is 32.5 Å². The number of carbonyl (C=O) groups is 2. The molecule has 0 amide bonds. The first kappa shape index (κ1) is 17.9. The minimum Gasteiger partial charge on any atom is -0.462 e. The van der Waals surface area contributed by atoms with Gasteiger partial charge < -0.3 is 14.8 Å². The molecule has 22 heavy (non-hydrogen) atoms. The molecule has 0 aliphatic carbocycles. The summed E-state index contributed by atoms with van der Waals surface area (Å²) < 4.78 is 9.86. The van der Waals surface area contributed by atoms with Crippen LogP contribution in [0.3, 0.4) is 0 Å². The van der Waals surface area contributed by atoms with E-state index < -0.39 is 0 Å². The van der Waals surface area contributed by atoms with Crippen LogP contribution in [-0.2, 0) is 14.3 Å². The average molecular weight is 305 g/mol. The van der Waals surface area contributed by atoms with E-state index in [0.717, 1.165) is 12.1 Å². The second-order valence-electron chi connectivity index (χ2n) is 5.88. The van der Waals surface area contributed by atoms with E-state index in [1.807, 2.05) is 39.0 Å². The minimum absolute atomic E-state index is 0.183. The van der Waals surface area contributed by atoms with Crippen LogP contribution >= 0.6 is 0 Å². The summed E-state index contributed by atoms with van der Waals surface area (Å²) >= 11 is 0. The fourth-order valence-corrected chi connectivity index (χ4v) is 1.66. The van der Waals surface area contributed by atoms with Gasteiger partial charge in [0.25, 0.3) is 6.47 Å². The molecule has 1 fully saturated rings. The maximum atomic E-state index is 11.7. The summed E-state index contributed by atoms with van der Waals surface area (Å²) in [6.45, 7) is 11.2. The standard InChI is InChI=1S/C12H13NO2.C5H10O2/c1-9-7-13-8-11(9)15-12(14)10-5-3-2-4-6-10;1-5(2,3)7-4-6/h2-6,11,13H,1,7-8H2;4H,1-3H3/t11-;/m1./s1. The Morgan fingerprint density at radius 2 is 1.95 bits per heavy atom. The molecule has 1 aliphatic rings. The Hall–Kier alpha value is -2.14. The van der Waals surface area contributed by atoms with Gasteiger partial charge in [0.2, 0.25) is 0 Å². The lowest BCUT2D eigenvalue weighted by Crippen LogP contribution is -2.21. The van der Waals surface area contributed by atoms with E-state index in [-0.39, 0.29) is 17.7 Å². The van der Waals surface area contributed by atoms with Crippen molar-refractivity contribution in [2.24, 2.45) is 0 Å². The molecule has 1 aromatic carbocycles. The molecule has 0 spiro atoms. The summed E-state index contributed by atoms with van der Waals surface area (Å²) in [7, 11) is 0. The zero-order valence-electron chi connectivity index (χ0n) is 13.3. The van der Waals surface area contributed by atoms with Crippen LogP contribution < -0.4 is 5.32 Å². The molecule has 1 heterocycles. The highest BCUT2D eigenvalue weighted by atomic mass is 16.5. The molecule has 1 saturated heterocycles. The van der Waals surface area contributed by atoms with Gasteiger partial charge in [0.15, 0.2) is 0 Å². The van der Waals surface area contributed by atoms with Crippen LogP contribution in [0.5, 0.6) is 0 Å². The number of ether oxygens (including phenoxy) is 2. The van der Waals surface area contributed by atoms with Crippen molar-refractivity contribution in [3.05, 3.63) is 48.0 Å². The van der Waals surface area contributed by atoms with Gasteiger partial charge in [-0.3, -0.25) is 4.79 Å². The second kappa shape index (κ2) is 8.34. The fourth-order valence-electron chi connectivity index (χ4n) is 1.66. The van der Waals surface area contributed by atoms with E-state index in [2.05, 4.69) is 16.6 Å². The fraction of sp³-hybridized carbons (Fsp3) is 0.412. The van der Waals surface area contributed by atoms with Crippen LogP contribution in [0, 0.1) is 0 Å². The summed E-state index contributed by atoms with van der Waals surface area (Å²) in [5.41, 5.74) is 1.19. The monoisotopic (exact) mass is 305 g/mol. The lowest BCUT2D eigenvalue weighted by atomic mass is 10.2. The zero-order valence-corrected chi connectivity index (χ0v) is 13.3. The van der Waals surface area contributed by atoms with Gasteiger partial charge in [0.1, 0.15) is 11.7 Å². The van der Waals surface area contributed by atoms with Crippen LogP contribution in [0.15, 0.2) is 42.5 Å². The average Bonchev–Trinajstić information content (AvgIpc) is 2.84. The van der Waals surface area contributed by atoms with Crippen molar-refractivity contribution in [3.8, 4) is 0 Å². The van der Waals surface area contributed by atoms with Crippen LogP contribution in [0.2, 0.25) is 0 Å². The van der Waals surface area contributed by atoms with E-state index >= 15 is 0 Å². The van der Waals surface area contributed by atoms with Gasteiger partial charge in [-0.1, -0.05) is 24.8 Å². The number of rotatable bonds is 3. The molecule has 2 rings (SSSR count). The van der Waals surface area contributed by atoms with Crippen molar-refractivity contribution in [1.29, 1.82) is 0 Å². The first-order chi connectivity index (χ1) is 10.3. The van der Waals surface area contributed by atoms with Gasteiger partial charge in [0, 0.05) is 13.1 Å². The number of hydrogen-bond donors (Lipinski definition) is 1. The van der Waals surface area contributed by atoms with E-state index in [1.54, 1.807) is 12.1 Å². The topological polar surface area (TPSA) is 64.6 Å². The van der Waals surface area contributed by atoms with Gasteiger partial charge in [-0.15, -0.1) is 0 Å². The van der Waals surface area contributed by atoms with Crippen LogP contribution in [0.1, 0.15) is 31.1 Å². The van der Waals surface area contributed by atoms with E-state index in [4.69, 9.17) is 4.74 Å². The summed E-state index contributed by atoms with van der Waals surface area (Å²) in [4.78, 5) is 21.3. The Morgan fingerprint density at radius 1 is 1.32 bits per heavy atom. The zero-order chi connectivity index (χ0) is 16.6. The van der Waals surface area contributed by atoms with Crippen molar-refractivity contribution < 1.29 is 19.1 Å². The third kappa shape index (κ3) is 6.54. The van der Waals surface area contributed by atoms with Gasteiger partial charge in [-0.05, 0) is 38.5 Å². The third-order valence-electron chi connectivity index (χ3n) is 2.80. The Balaban J connectivity index is 0.000000295. The molecule has 120 valence electrons. The molecule has 0 saturated carbocycles. The number of nitrogens with one attached hydrogen (secondary N) is 1. The summed E-state index contributed by atoms with van der Waals surface area (Å²) in [6.07, 6.45) is -0.183. The van der Waals surface area contributed by atoms with E-state index in [0.29, 0.717) is 18.6 Å². The summed E-state index contributed by atoms with van der Waals surface area (Å²) in [5.74, 6) is -0.287. The minimum atomic E-state index is -0.318. The lowest BCUT2D eigenvalue weighted by molar-refractivity contribution is -0.138. The molecule has 0 aromatic heterocycles. The van der Waals surface area contributed by atoms with Crippen molar-refractivity contribution >= 4 is 12.4 Å². The Kier molecular flexibility index (Phi) is 6.79. The molecule has 0 bridgehead atoms. The largest absolute Gasteiger partial charge is 0.462 e. The summed E-state index contributed by atoms with van der Waals surface area (Å²) in [5, 5.41) is 3.10. The molecule has 1 atom stereocenters. The molecule has 1 aromatic rings. The highest BCUT2D eigenvalue weighted by Gasteiger charge is 2.22. The molecule has 0 radical (unpaired) electrons. The molecular formula is C17H23NO4. The van der Waals surface area contributed by atoms with Crippen LogP contribution in [0.4, 0.5) is 0 Å². The van der Waals surface area contributed by atoms with Crippen LogP contribution in [-0.4, -0.2) is 37.2 Å². The Labute approximate surface area is 131 Å². The molecule has 5 nitrogen and oxygen atoms in total. The molecule has 5 heteroatoms. The van der Waals surface area contributed by atoms with E-state index in [1.165, 1.54) is 0 Å². The van der Waals surface area contributed by atoms with Crippen molar-refractivity contribution in [1.82, 2.24) is 5.32 Å². The second-order valence-corrected chi connectivity index (χ2v) is 5.88.